The van der Waals surface area contributed by atoms with Crippen molar-refractivity contribution in [3.8, 4) is 17.2 Å². The summed E-state index contributed by atoms with van der Waals surface area (Å²) < 4.78 is 10.2. The number of carbonyl (C=O) groups excluding carboxylic acids is 1. The Morgan fingerprint density at radius 1 is 1.24 bits per heavy atom. The highest BCUT2D eigenvalue weighted by atomic mass is 16.6. The van der Waals surface area contributed by atoms with Gasteiger partial charge in [0.2, 0.25) is 0 Å². The number of benzene rings is 2. The molecule has 130 valence electrons. The van der Waals surface area contributed by atoms with Crippen LogP contribution in [0.3, 0.4) is 0 Å². The highest BCUT2D eigenvalue weighted by molar-refractivity contribution is 6.06. The fraction of sp³-hybridized carbons (Fsp3) is 0.167. The topological polar surface area (TPSA) is 102 Å². The lowest BCUT2D eigenvalue weighted by Gasteiger charge is -2.13. The van der Waals surface area contributed by atoms with E-state index < -0.39 is 16.4 Å². The molecule has 2 aromatic carbocycles. The van der Waals surface area contributed by atoms with E-state index in [0.29, 0.717) is 23.5 Å². The van der Waals surface area contributed by atoms with E-state index in [1.165, 1.54) is 25.3 Å². The minimum atomic E-state index is -0.803. The second-order valence-electron chi connectivity index (χ2n) is 4.98. The predicted molar refractivity (Wildman–Crippen MR) is 90.1 cm³/mol. The third kappa shape index (κ3) is 4.35. The zero-order chi connectivity index (χ0) is 18.4. The van der Waals surface area contributed by atoms with Crippen LogP contribution < -0.4 is 14.6 Å². The molecule has 0 saturated carbocycles. The molecule has 0 atom stereocenters. The van der Waals surface area contributed by atoms with Gasteiger partial charge in [-0.15, -0.1) is 0 Å². The van der Waals surface area contributed by atoms with Crippen LogP contribution in [-0.4, -0.2) is 24.4 Å². The van der Waals surface area contributed by atoms with Crippen molar-refractivity contribution in [3.63, 3.8) is 0 Å². The molecule has 0 bridgehead atoms. The van der Waals surface area contributed by atoms with E-state index in [2.05, 4.69) is 0 Å². The van der Waals surface area contributed by atoms with Crippen LogP contribution in [-0.2, 0) is 0 Å². The number of allylic oxidation sites excluding steroid dienone is 1. The molecule has 0 saturated heterocycles. The SMILES string of the molecule is CCOc1ccc(C(=O)/C=C/c2cc(OC)c([O-])c([N+](=O)[O-])c2)cc1. The van der Waals surface area contributed by atoms with Crippen molar-refractivity contribution in [2.45, 2.75) is 6.92 Å². The summed E-state index contributed by atoms with van der Waals surface area (Å²) in [5.41, 5.74) is 0.163. The second kappa shape index (κ2) is 7.96. The van der Waals surface area contributed by atoms with Crippen molar-refractivity contribution in [2.75, 3.05) is 13.7 Å². The Morgan fingerprint density at radius 3 is 2.48 bits per heavy atom. The number of hydrogen-bond donors (Lipinski definition) is 0. The maximum Gasteiger partial charge on any atom is 0.266 e. The highest BCUT2D eigenvalue weighted by Crippen LogP contribution is 2.34. The lowest BCUT2D eigenvalue weighted by atomic mass is 10.1. The first-order valence-corrected chi connectivity index (χ1v) is 7.45. The molecule has 7 heteroatoms. The molecule has 0 aliphatic carbocycles. The smallest absolute Gasteiger partial charge is 0.266 e. The van der Waals surface area contributed by atoms with Gasteiger partial charge in [0.1, 0.15) is 11.5 Å². The van der Waals surface area contributed by atoms with Crippen LogP contribution in [0.2, 0.25) is 0 Å². The molecule has 0 aromatic heterocycles. The first-order chi connectivity index (χ1) is 12.0. The van der Waals surface area contributed by atoms with Gasteiger partial charge in [-0.1, -0.05) is 6.08 Å². The Bertz CT molecular complexity index is 811. The van der Waals surface area contributed by atoms with E-state index in [-0.39, 0.29) is 11.5 Å². The summed E-state index contributed by atoms with van der Waals surface area (Å²) in [6.07, 6.45) is 2.67. The number of hydrogen-bond acceptors (Lipinski definition) is 6. The van der Waals surface area contributed by atoms with Crippen LogP contribution in [0.1, 0.15) is 22.8 Å². The Labute approximate surface area is 144 Å². The van der Waals surface area contributed by atoms with Gasteiger partial charge >= 0.3 is 0 Å². The van der Waals surface area contributed by atoms with Crippen molar-refractivity contribution >= 4 is 17.5 Å². The molecule has 0 radical (unpaired) electrons. The number of nitro benzene ring substituents is 1. The Morgan fingerprint density at radius 2 is 1.92 bits per heavy atom. The van der Waals surface area contributed by atoms with E-state index in [0.717, 1.165) is 6.07 Å². The number of rotatable bonds is 7. The standard InChI is InChI=1S/C18H17NO6/c1-3-25-14-7-5-13(6-8-14)16(20)9-4-12-10-15(19(22)23)18(21)17(11-12)24-2/h4-11,21H,3H2,1-2H3/p-1/b9-4+. The van der Waals surface area contributed by atoms with Crippen LogP contribution in [0, 0.1) is 10.1 Å². The fourth-order valence-corrected chi connectivity index (χ4v) is 2.14. The first-order valence-electron chi connectivity index (χ1n) is 7.45. The molecule has 7 nitrogen and oxygen atoms in total. The number of ether oxygens (including phenoxy) is 2. The molecule has 0 spiro atoms. The number of methoxy groups -OCH3 is 1. The van der Waals surface area contributed by atoms with Crippen molar-refractivity contribution in [2.24, 2.45) is 0 Å². The molecule has 0 fully saturated rings. The summed E-state index contributed by atoms with van der Waals surface area (Å²) in [6, 6.07) is 9.07. The molecule has 0 aliphatic heterocycles. The monoisotopic (exact) mass is 342 g/mol. The van der Waals surface area contributed by atoms with Crippen LogP contribution in [0.4, 0.5) is 5.69 Å². The van der Waals surface area contributed by atoms with Crippen molar-refractivity contribution < 1.29 is 24.3 Å². The minimum Gasteiger partial charge on any atom is -0.865 e. The summed E-state index contributed by atoms with van der Waals surface area (Å²) in [5.74, 6) is -0.574. The third-order valence-corrected chi connectivity index (χ3v) is 3.35. The average molecular weight is 342 g/mol. The average Bonchev–Trinajstić information content (AvgIpc) is 2.61. The number of nitro groups is 1. The number of ketones is 1. The molecule has 2 rings (SSSR count). The summed E-state index contributed by atoms with van der Waals surface area (Å²) in [6.45, 7) is 2.39. The van der Waals surface area contributed by atoms with Gasteiger partial charge in [0.25, 0.3) is 5.69 Å². The van der Waals surface area contributed by atoms with Gasteiger partial charge in [0.05, 0.1) is 18.6 Å². The quantitative estimate of drug-likeness (QED) is 0.332. The Hall–Kier alpha value is -3.35. The molecular formula is C18H16NO6-. The molecule has 0 aliphatic rings. The van der Waals surface area contributed by atoms with E-state index in [9.17, 15) is 20.0 Å². The highest BCUT2D eigenvalue weighted by Gasteiger charge is 2.12. The fourth-order valence-electron chi connectivity index (χ4n) is 2.14. The Balaban J connectivity index is 2.24. The lowest BCUT2D eigenvalue weighted by molar-refractivity contribution is -0.398. The van der Waals surface area contributed by atoms with Gasteiger partial charge in [-0.3, -0.25) is 14.9 Å². The molecular weight excluding hydrogens is 326 g/mol. The van der Waals surface area contributed by atoms with Gasteiger partial charge in [0, 0.05) is 17.4 Å². The largest absolute Gasteiger partial charge is 0.865 e. The number of nitrogens with zero attached hydrogens (tertiary/aromatic N) is 1. The minimum absolute atomic E-state index is 0.151. The molecule has 0 amide bonds. The zero-order valence-corrected chi connectivity index (χ0v) is 13.7. The summed E-state index contributed by atoms with van der Waals surface area (Å²) in [7, 11) is 1.25. The lowest BCUT2D eigenvalue weighted by Crippen LogP contribution is -2.01. The predicted octanol–water partition coefficient (Wildman–Crippen LogP) is 2.97. The van der Waals surface area contributed by atoms with Gasteiger partial charge < -0.3 is 14.6 Å². The van der Waals surface area contributed by atoms with E-state index in [1.807, 2.05) is 6.92 Å². The zero-order valence-electron chi connectivity index (χ0n) is 13.7. The molecule has 25 heavy (non-hydrogen) atoms. The number of carbonyl (C=O) groups is 1. The molecule has 0 unspecified atom stereocenters. The van der Waals surface area contributed by atoms with E-state index >= 15 is 0 Å². The van der Waals surface area contributed by atoms with Crippen LogP contribution in [0.25, 0.3) is 6.08 Å². The van der Waals surface area contributed by atoms with Crippen molar-refractivity contribution in [1.82, 2.24) is 0 Å². The van der Waals surface area contributed by atoms with Gasteiger partial charge in [-0.25, -0.2) is 0 Å². The van der Waals surface area contributed by atoms with Crippen molar-refractivity contribution in [3.05, 3.63) is 63.7 Å². The van der Waals surface area contributed by atoms with E-state index in [4.69, 9.17) is 9.47 Å². The van der Waals surface area contributed by atoms with Crippen LogP contribution in [0.15, 0.2) is 42.5 Å². The van der Waals surface area contributed by atoms with E-state index in [1.54, 1.807) is 24.3 Å². The van der Waals surface area contributed by atoms with Gasteiger partial charge in [-0.2, -0.15) is 0 Å². The normalized spacial score (nSPS) is 10.6. The molecule has 2 aromatic rings. The van der Waals surface area contributed by atoms with Crippen molar-refractivity contribution in [1.29, 1.82) is 0 Å². The van der Waals surface area contributed by atoms with Crippen LogP contribution >= 0.6 is 0 Å². The molecule has 0 heterocycles. The summed E-state index contributed by atoms with van der Waals surface area (Å²) >= 11 is 0. The van der Waals surface area contributed by atoms with Gasteiger partial charge in [0.15, 0.2) is 5.78 Å². The second-order valence-corrected chi connectivity index (χ2v) is 4.98. The van der Waals surface area contributed by atoms with Gasteiger partial charge in [-0.05, 0) is 48.9 Å². The summed E-state index contributed by atoms with van der Waals surface area (Å²) in [5, 5.41) is 22.7. The third-order valence-electron chi connectivity index (χ3n) is 3.35. The summed E-state index contributed by atoms with van der Waals surface area (Å²) in [4.78, 5) is 22.3. The maximum atomic E-state index is 12.2. The first kappa shape index (κ1) is 18.0. The molecule has 0 N–H and O–H groups in total. The maximum absolute atomic E-state index is 12.2. The Kier molecular flexibility index (Phi) is 5.73. The van der Waals surface area contributed by atoms with Crippen LogP contribution in [0.5, 0.6) is 17.2 Å².